The van der Waals surface area contributed by atoms with Crippen molar-refractivity contribution in [1.82, 2.24) is 0 Å². The van der Waals surface area contributed by atoms with Crippen molar-refractivity contribution in [2.75, 3.05) is 0 Å². The molecular weight excluding hydrogens is 234 g/mol. The van der Waals surface area contributed by atoms with Crippen LogP contribution in [0.1, 0.15) is 25.1 Å². The summed E-state index contributed by atoms with van der Waals surface area (Å²) in [6.07, 6.45) is 0.803. The van der Waals surface area contributed by atoms with Crippen molar-refractivity contribution >= 4 is 21.9 Å². The third kappa shape index (κ3) is 2.77. The summed E-state index contributed by atoms with van der Waals surface area (Å²) in [6.45, 7) is 1.99. The standard InChI is InChI=1S/C8H12BrN3O/c1-2-5(12-8(10)11)6-3-4-7(9)13-6/h3-5H,2H2,1H3,(H4,10,11,12)/t5-/m0/s1. The Hall–Kier alpha value is -0.970. The summed E-state index contributed by atoms with van der Waals surface area (Å²) < 4.78 is 6.02. The zero-order valence-corrected chi connectivity index (χ0v) is 8.91. The van der Waals surface area contributed by atoms with E-state index in [2.05, 4.69) is 20.9 Å². The van der Waals surface area contributed by atoms with Crippen LogP contribution in [-0.4, -0.2) is 5.96 Å². The van der Waals surface area contributed by atoms with E-state index in [-0.39, 0.29) is 12.0 Å². The van der Waals surface area contributed by atoms with Crippen LogP contribution in [0.5, 0.6) is 0 Å². The maximum Gasteiger partial charge on any atom is 0.186 e. The van der Waals surface area contributed by atoms with E-state index in [0.717, 1.165) is 12.2 Å². The molecule has 1 heterocycles. The maximum atomic E-state index is 5.34. The van der Waals surface area contributed by atoms with Crippen molar-refractivity contribution in [2.45, 2.75) is 19.4 Å². The van der Waals surface area contributed by atoms with Gasteiger partial charge >= 0.3 is 0 Å². The normalized spacial score (nSPS) is 12.5. The van der Waals surface area contributed by atoms with Gasteiger partial charge in [-0.2, -0.15) is 0 Å². The number of aliphatic imine (C=N–C) groups is 1. The highest BCUT2D eigenvalue weighted by molar-refractivity contribution is 9.10. The number of guanidine groups is 1. The van der Waals surface area contributed by atoms with Crippen molar-refractivity contribution in [2.24, 2.45) is 16.5 Å². The zero-order chi connectivity index (χ0) is 9.84. The first kappa shape index (κ1) is 10.1. The topological polar surface area (TPSA) is 77.5 Å². The maximum absolute atomic E-state index is 5.34. The van der Waals surface area contributed by atoms with Gasteiger partial charge in [0.1, 0.15) is 11.8 Å². The molecule has 0 saturated heterocycles. The van der Waals surface area contributed by atoms with E-state index in [1.165, 1.54) is 0 Å². The predicted octanol–water partition coefficient (Wildman–Crippen LogP) is 1.77. The van der Waals surface area contributed by atoms with Crippen LogP contribution in [0.25, 0.3) is 0 Å². The van der Waals surface area contributed by atoms with E-state index in [0.29, 0.717) is 4.67 Å². The molecule has 1 aromatic rings. The summed E-state index contributed by atoms with van der Waals surface area (Å²) in [5.74, 6) is 0.849. The van der Waals surface area contributed by atoms with Gasteiger partial charge in [-0.25, -0.2) is 4.99 Å². The third-order valence-electron chi connectivity index (χ3n) is 1.61. The Kier molecular flexibility index (Phi) is 3.36. The molecule has 0 aliphatic heterocycles. The summed E-state index contributed by atoms with van der Waals surface area (Å²) in [5, 5.41) is 0. The second-order valence-electron chi connectivity index (χ2n) is 2.62. The van der Waals surface area contributed by atoms with Crippen molar-refractivity contribution < 1.29 is 4.42 Å². The highest BCUT2D eigenvalue weighted by Crippen LogP contribution is 2.25. The summed E-state index contributed by atoms with van der Waals surface area (Å²) in [6, 6.07) is 3.58. The van der Waals surface area contributed by atoms with Gasteiger partial charge in [-0.15, -0.1) is 0 Å². The van der Waals surface area contributed by atoms with Gasteiger partial charge in [0.15, 0.2) is 10.6 Å². The summed E-state index contributed by atoms with van der Waals surface area (Å²) >= 11 is 3.22. The fourth-order valence-corrected chi connectivity index (χ4v) is 1.36. The largest absolute Gasteiger partial charge is 0.452 e. The molecule has 0 bridgehead atoms. The third-order valence-corrected chi connectivity index (χ3v) is 2.04. The molecule has 0 saturated carbocycles. The SMILES string of the molecule is CC[C@H](N=C(N)N)c1ccc(Br)o1. The molecule has 5 heteroatoms. The highest BCUT2D eigenvalue weighted by Gasteiger charge is 2.11. The van der Waals surface area contributed by atoms with Crippen LogP contribution in [0.15, 0.2) is 26.2 Å². The summed E-state index contributed by atoms with van der Waals surface area (Å²) in [7, 11) is 0. The molecule has 0 aliphatic carbocycles. The number of furan rings is 1. The van der Waals surface area contributed by atoms with Crippen molar-refractivity contribution in [3.05, 3.63) is 22.6 Å². The van der Waals surface area contributed by atoms with Gasteiger partial charge in [0.2, 0.25) is 0 Å². The molecule has 0 aliphatic rings. The second kappa shape index (κ2) is 4.32. The average Bonchev–Trinajstić information content (AvgIpc) is 2.47. The zero-order valence-electron chi connectivity index (χ0n) is 7.33. The van der Waals surface area contributed by atoms with Crippen molar-refractivity contribution in [3.63, 3.8) is 0 Å². The Balaban J connectivity index is 2.84. The number of hydrogen-bond acceptors (Lipinski definition) is 2. The van der Waals surface area contributed by atoms with Crippen LogP contribution in [-0.2, 0) is 0 Å². The number of rotatable bonds is 3. The summed E-state index contributed by atoms with van der Waals surface area (Å²) in [5.41, 5.74) is 10.6. The van der Waals surface area contributed by atoms with Crippen LogP contribution >= 0.6 is 15.9 Å². The molecule has 1 atom stereocenters. The van der Waals surface area contributed by atoms with Crippen LogP contribution in [0, 0.1) is 0 Å². The van der Waals surface area contributed by atoms with E-state index < -0.39 is 0 Å². The Morgan fingerprint density at radius 3 is 2.69 bits per heavy atom. The smallest absolute Gasteiger partial charge is 0.186 e. The number of hydrogen-bond donors (Lipinski definition) is 2. The highest BCUT2D eigenvalue weighted by atomic mass is 79.9. The Bertz CT molecular complexity index is 304. The minimum Gasteiger partial charge on any atom is -0.452 e. The van der Waals surface area contributed by atoms with Crippen LogP contribution in [0.3, 0.4) is 0 Å². The van der Waals surface area contributed by atoms with Gasteiger partial charge in [0, 0.05) is 0 Å². The molecule has 4 nitrogen and oxygen atoms in total. The van der Waals surface area contributed by atoms with Gasteiger partial charge in [0.05, 0.1) is 0 Å². The monoisotopic (exact) mass is 245 g/mol. The first-order chi connectivity index (χ1) is 6.13. The molecule has 0 fully saturated rings. The molecule has 0 aromatic carbocycles. The Morgan fingerprint density at radius 2 is 2.31 bits per heavy atom. The molecular formula is C8H12BrN3O. The van der Waals surface area contributed by atoms with E-state index in [1.807, 2.05) is 19.1 Å². The van der Waals surface area contributed by atoms with E-state index >= 15 is 0 Å². The lowest BCUT2D eigenvalue weighted by atomic mass is 10.2. The van der Waals surface area contributed by atoms with Crippen molar-refractivity contribution in [3.8, 4) is 0 Å². The second-order valence-corrected chi connectivity index (χ2v) is 3.40. The Labute approximate surface area is 85.1 Å². The molecule has 0 amide bonds. The lowest BCUT2D eigenvalue weighted by molar-refractivity contribution is 0.445. The van der Waals surface area contributed by atoms with Crippen molar-refractivity contribution in [1.29, 1.82) is 0 Å². The quantitative estimate of drug-likeness (QED) is 0.630. The van der Waals surface area contributed by atoms with Gasteiger partial charge in [-0.1, -0.05) is 6.92 Å². The molecule has 0 radical (unpaired) electrons. The minimum atomic E-state index is -0.0868. The first-order valence-corrected chi connectivity index (χ1v) is 4.76. The minimum absolute atomic E-state index is 0.0828. The predicted molar refractivity (Wildman–Crippen MR) is 55.2 cm³/mol. The molecule has 0 spiro atoms. The van der Waals surface area contributed by atoms with Gasteiger partial charge in [-0.3, -0.25) is 0 Å². The van der Waals surface area contributed by atoms with Crippen LogP contribution in [0.2, 0.25) is 0 Å². The Morgan fingerprint density at radius 1 is 1.62 bits per heavy atom. The number of halogens is 1. The number of nitrogens with zero attached hydrogens (tertiary/aromatic N) is 1. The molecule has 4 N–H and O–H groups in total. The number of nitrogens with two attached hydrogens (primary N) is 2. The lowest BCUT2D eigenvalue weighted by Crippen LogP contribution is -2.23. The fourth-order valence-electron chi connectivity index (χ4n) is 1.04. The average molecular weight is 246 g/mol. The van der Waals surface area contributed by atoms with Gasteiger partial charge < -0.3 is 15.9 Å². The van der Waals surface area contributed by atoms with Crippen LogP contribution in [0.4, 0.5) is 0 Å². The molecule has 0 unspecified atom stereocenters. The van der Waals surface area contributed by atoms with E-state index in [4.69, 9.17) is 15.9 Å². The summed E-state index contributed by atoms with van der Waals surface area (Å²) in [4.78, 5) is 4.04. The van der Waals surface area contributed by atoms with Gasteiger partial charge in [0.25, 0.3) is 0 Å². The van der Waals surface area contributed by atoms with Gasteiger partial charge in [-0.05, 0) is 34.5 Å². The molecule has 1 aromatic heterocycles. The fraction of sp³-hybridized carbons (Fsp3) is 0.375. The van der Waals surface area contributed by atoms with Crippen LogP contribution < -0.4 is 11.5 Å². The molecule has 13 heavy (non-hydrogen) atoms. The van der Waals surface area contributed by atoms with E-state index in [9.17, 15) is 0 Å². The first-order valence-electron chi connectivity index (χ1n) is 3.97. The van der Waals surface area contributed by atoms with E-state index in [1.54, 1.807) is 0 Å². The molecule has 72 valence electrons. The lowest BCUT2D eigenvalue weighted by Gasteiger charge is -2.05. The molecule has 1 rings (SSSR count).